The molecule has 0 aromatic heterocycles. The summed E-state index contributed by atoms with van der Waals surface area (Å²) in [5.74, 6) is 0.457. The third kappa shape index (κ3) is 5.19. The number of thiocarbonyl (C=S) groups is 1. The fraction of sp³-hybridized carbons (Fsp3) is 0.474. The lowest BCUT2D eigenvalue weighted by Crippen LogP contribution is -2.45. The monoisotopic (exact) mass is 362 g/mol. The third-order valence-corrected chi connectivity index (χ3v) is 4.37. The maximum atomic E-state index is 12.1. The Kier molecular flexibility index (Phi) is 7.25. The lowest BCUT2D eigenvalue weighted by Gasteiger charge is -2.29. The molecule has 1 aliphatic heterocycles. The van der Waals surface area contributed by atoms with Crippen LogP contribution in [-0.2, 0) is 9.53 Å². The molecule has 5 nitrogen and oxygen atoms in total. The van der Waals surface area contributed by atoms with Crippen LogP contribution in [0.15, 0.2) is 35.5 Å². The van der Waals surface area contributed by atoms with Crippen LogP contribution in [0.2, 0.25) is 0 Å². The summed E-state index contributed by atoms with van der Waals surface area (Å²) < 4.78 is 10.7. The van der Waals surface area contributed by atoms with Gasteiger partial charge in [-0.15, -0.1) is 0 Å². The average molecular weight is 362 g/mol. The van der Waals surface area contributed by atoms with Crippen LogP contribution < -0.4 is 15.4 Å². The SMILES string of the molecule is CCCCCCOc1ccc([C@H]2NC(=S)NC(C)=C2C(=O)OC)cc1. The molecule has 0 aliphatic carbocycles. The van der Waals surface area contributed by atoms with Gasteiger partial charge in [0.2, 0.25) is 0 Å². The number of unbranched alkanes of at least 4 members (excludes halogenated alkanes) is 3. The van der Waals surface area contributed by atoms with Crippen LogP contribution in [0.3, 0.4) is 0 Å². The fourth-order valence-electron chi connectivity index (χ4n) is 2.80. The van der Waals surface area contributed by atoms with Crippen LogP contribution in [0.5, 0.6) is 5.75 Å². The van der Waals surface area contributed by atoms with Gasteiger partial charge in [0, 0.05) is 5.70 Å². The van der Waals surface area contributed by atoms with Crippen LogP contribution in [0, 0.1) is 0 Å². The van der Waals surface area contributed by atoms with Crippen LogP contribution in [0.4, 0.5) is 0 Å². The van der Waals surface area contributed by atoms with Gasteiger partial charge in [-0.25, -0.2) is 4.79 Å². The van der Waals surface area contributed by atoms with Gasteiger partial charge in [-0.2, -0.15) is 0 Å². The van der Waals surface area contributed by atoms with Gasteiger partial charge >= 0.3 is 5.97 Å². The molecule has 25 heavy (non-hydrogen) atoms. The van der Waals surface area contributed by atoms with Crippen molar-refractivity contribution in [1.29, 1.82) is 0 Å². The minimum atomic E-state index is -0.374. The number of hydrogen-bond acceptors (Lipinski definition) is 4. The number of rotatable bonds is 8. The van der Waals surface area contributed by atoms with Gasteiger partial charge in [0.25, 0.3) is 0 Å². The Balaban J connectivity index is 2.08. The Morgan fingerprint density at radius 3 is 2.56 bits per heavy atom. The highest BCUT2D eigenvalue weighted by molar-refractivity contribution is 7.80. The molecule has 0 saturated carbocycles. The van der Waals surface area contributed by atoms with Gasteiger partial charge in [0.1, 0.15) is 5.75 Å². The molecule has 0 amide bonds. The third-order valence-electron chi connectivity index (χ3n) is 4.15. The lowest BCUT2D eigenvalue weighted by atomic mass is 9.95. The minimum absolute atomic E-state index is 0.334. The molecule has 0 unspecified atom stereocenters. The van der Waals surface area contributed by atoms with Gasteiger partial charge in [-0.1, -0.05) is 38.3 Å². The van der Waals surface area contributed by atoms with E-state index in [0.717, 1.165) is 24.3 Å². The van der Waals surface area contributed by atoms with Crippen LogP contribution in [0.25, 0.3) is 0 Å². The van der Waals surface area contributed by atoms with Crippen LogP contribution in [0.1, 0.15) is 51.1 Å². The van der Waals surface area contributed by atoms with Gasteiger partial charge in [0.15, 0.2) is 5.11 Å². The number of carbonyl (C=O) groups is 1. The summed E-state index contributed by atoms with van der Waals surface area (Å²) in [6.45, 7) is 4.74. The zero-order valence-corrected chi connectivity index (χ0v) is 15.9. The van der Waals surface area contributed by atoms with Crippen LogP contribution in [-0.4, -0.2) is 24.8 Å². The number of esters is 1. The van der Waals surface area contributed by atoms with Gasteiger partial charge in [-0.3, -0.25) is 0 Å². The van der Waals surface area contributed by atoms with E-state index in [9.17, 15) is 4.79 Å². The summed E-state index contributed by atoms with van der Waals surface area (Å²) in [4.78, 5) is 12.1. The number of nitrogens with one attached hydrogen (secondary N) is 2. The van der Waals surface area contributed by atoms with E-state index in [2.05, 4.69) is 17.6 Å². The van der Waals surface area contributed by atoms with Crippen molar-refractivity contribution in [3.63, 3.8) is 0 Å². The topological polar surface area (TPSA) is 59.6 Å². The number of ether oxygens (including phenoxy) is 2. The summed E-state index contributed by atoms with van der Waals surface area (Å²) in [6.07, 6.45) is 4.71. The van der Waals surface area contributed by atoms with Crippen LogP contribution >= 0.6 is 12.2 Å². The maximum Gasteiger partial charge on any atom is 0.337 e. The van der Waals surface area contributed by atoms with E-state index in [4.69, 9.17) is 21.7 Å². The number of hydrogen-bond donors (Lipinski definition) is 2. The largest absolute Gasteiger partial charge is 0.494 e. The zero-order valence-electron chi connectivity index (χ0n) is 15.1. The minimum Gasteiger partial charge on any atom is -0.494 e. The van der Waals surface area contributed by atoms with Gasteiger partial charge in [-0.05, 0) is 43.3 Å². The van der Waals surface area contributed by atoms with Crippen molar-refractivity contribution in [2.75, 3.05) is 13.7 Å². The fourth-order valence-corrected chi connectivity index (χ4v) is 3.07. The maximum absolute atomic E-state index is 12.1. The molecular weight excluding hydrogens is 336 g/mol. The molecule has 0 spiro atoms. The van der Waals surface area contributed by atoms with Crippen molar-refractivity contribution in [3.8, 4) is 5.75 Å². The molecule has 0 saturated heterocycles. The Labute approximate surface area is 154 Å². The highest BCUT2D eigenvalue weighted by Crippen LogP contribution is 2.28. The first-order valence-electron chi connectivity index (χ1n) is 8.66. The predicted octanol–water partition coefficient (Wildman–Crippen LogP) is 3.61. The predicted molar refractivity (Wildman–Crippen MR) is 102 cm³/mol. The second kappa shape index (κ2) is 9.42. The standard InChI is InChI=1S/C19H26N2O3S/c1-4-5-6-7-12-24-15-10-8-14(9-11-15)17-16(18(22)23-3)13(2)20-19(25)21-17/h8-11,17H,4-7,12H2,1-3H3,(H2,20,21,25)/t17-/m1/s1. The van der Waals surface area contributed by atoms with Gasteiger partial charge < -0.3 is 20.1 Å². The Bertz CT molecular complexity index is 641. The highest BCUT2D eigenvalue weighted by atomic mass is 32.1. The Morgan fingerprint density at radius 1 is 1.20 bits per heavy atom. The molecule has 0 fully saturated rings. The van der Waals surface area contributed by atoms with Crippen molar-refractivity contribution >= 4 is 23.3 Å². The number of benzene rings is 1. The quantitative estimate of drug-likeness (QED) is 0.418. The van der Waals surface area contributed by atoms with Crippen molar-refractivity contribution in [1.82, 2.24) is 10.6 Å². The molecule has 0 bridgehead atoms. The molecule has 1 aliphatic rings. The summed E-state index contributed by atoms with van der Waals surface area (Å²) in [5.41, 5.74) is 2.17. The first-order chi connectivity index (χ1) is 12.1. The lowest BCUT2D eigenvalue weighted by molar-refractivity contribution is -0.136. The molecule has 1 heterocycles. The first kappa shape index (κ1) is 19.2. The normalized spacial score (nSPS) is 16.9. The molecule has 0 radical (unpaired) electrons. The molecular formula is C19H26N2O3S. The van der Waals surface area contributed by atoms with E-state index in [-0.39, 0.29) is 12.0 Å². The zero-order chi connectivity index (χ0) is 18.2. The first-order valence-corrected chi connectivity index (χ1v) is 9.07. The highest BCUT2D eigenvalue weighted by Gasteiger charge is 2.30. The molecule has 6 heteroatoms. The van der Waals surface area contributed by atoms with E-state index in [1.807, 2.05) is 31.2 Å². The summed E-state index contributed by atoms with van der Waals surface area (Å²) in [6, 6.07) is 7.41. The molecule has 2 N–H and O–H groups in total. The second-order valence-electron chi connectivity index (χ2n) is 6.04. The molecule has 1 aromatic rings. The van der Waals surface area contributed by atoms with Crippen molar-refractivity contribution in [2.45, 2.75) is 45.6 Å². The van der Waals surface area contributed by atoms with Crippen molar-refractivity contribution < 1.29 is 14.3 Å². The van der Waals surface area contributed by atoms with E-state index < -0.39 is 0 Å². The molecule has 1 atom stereocenters. The number of carbonyl (C=O) groups excluding carboxylic acids is 1. The Morgan fingerprint density at radius 2 is 1.92 bits per heavy atom. The summed E-state index contributed by atoms with van der Waals surface area (Å²) in [7, 11) is 1.38. The average Bonchev–Trinajstić information content (AvgIpc) is 2.61. The van der Waals surface area contributed by atoms with E-state index in [1.165, 1.54) is 26.4 Å². The van der Waals surface area contributed by atoms with Crippen molar-refractivity contribution in [2.24, 2.45) is 0 Å². The van der Waals surface area contributed by atoms with Gasteiger partial charge in [0.05, 0.1) is 25.3 Å². The van der Waals surface area contributed by atoms with Crippen molar-refractivity contribution in [3.05, 3.63) is 41.1 Å². The molecule has 1 aromatic carbocycles. The smallest absolute Gasteiger partial charge is 0.337 e. The van der Waals surface area contributed by atoms with E-state index >= 15 is 0 Å². The number of methoxy groups -OCH3 is 1. The summed E-state index contributed by atoms with van der Waals surface area (Å²) >= 11 is 5.22. The molecule has 136 valence electrons. The Hall–Kier alpha value is -2.08. The van der Waals surface area contributed by atoms with E-state index in [0.29, 0.717) is 16.4 Å². The second-order valence-corrected chi connectivity index (χ2v) is 6.45. The summed E-state index contributed by atoms with van der Waals surface area (Å²) in [5, 5.41) is 6.60. The molecule has 2 rings (SSSR count). The number of allylic oxidation sites excluding steroid dienone is 1. The van der Waals surface area contributed by atoms with E-state index in [1.54, 1.807) is 0 Å².